The van der Waals surface area contributed by atoms with Gasteiger partial charge in [0.15, 0.2) is 11.9 Å². The molecule has 0 aliphatic rings. The first-order valence-corrected chi connectivity index (χ1v) is 5.31. The molecule has 1 unspecified atom stereocenters. The molecule has 0 fully saturated rings. The zero-order valence-corrected chi connectivity index (χ0v) is 9.83. The van der Waals surface area contributed by atoms with Gasteiger partial charge in [0.25, 0.3) is 0 Å². The Labute approximate surface area is 103 Å². The van der Waals surface area contributed by atoms with Crippen LogP contribution in [-0.2, 0) is 4.79 Å². The number of para-hydroxylation sites is 1. The molecule has 0 saturated carbocycles. The van der Waals surface area contributed by atoms with Crippen LogP contribution in [0.5, 0.6) is 5.75 Å². The van der Waals surface area contributed by atoms with Crippen LogP contribution >= 0.6 is 0 Å². The van der Waals surface area contributed by atoms with Gasteiger partial charge in [-0.15, -0.1) is 0 Å². The van der Waals surface area contributed by atoms with Crippen LogP contribution in [0.4, 0.5) is 5.69 Å². The minimum absolute atomic E-state index is 0.0548. The van der Waals surface area contributed by atoms with E-state index in [1.165, 1.54) is 6.07 Å². The largest absolute Gasteiger partial charge is 0.479 e. The number of nitrogens with zero attached hydrogens (tertiary/aromatic N) is 1. The van der Waals surface area contributed by atoms with Crippen molar-refractivity contribution in [3.8, 4) is 5.75 Å². The van der Waals surface area contributed by atoms with Crippen LogP contribution in [0.25, 0.3) is 0 Å². The summed E-state index contributed by atoms with van der Waals surface area (Å²) in [6.07, 6.45) is -1.10. The van der Waals surface area contributed by atoms with Gasteiger partial charge in [0.05, 0.1) is 4.92 Å². The zero-order valence-electron chi connectivity index (χ0n) is 9.83. The summed E-state index contributed by atoms with van der Waals surface area (Å²) in [7, 11) is 0. The van der Waals surface area contributed by atoms with Crippen LogP contribution in [0.3, 0.4) is 0 Å². The molecule has 0 saturated heterocycles. The number of nitro benzene ring substituents is 1. The van der Waals surface area contributed by atoms with E-state index >= 15 is 0 Å². The van der Waals surface area contributed by atoms with Gasteiger partial charge in [0.1, 0.15) is 0 Å². The first-order valence-electron chi connectivity index (χ1n) is 5.31. The Balaban J connectivity index is 3.06. The fourth-order valence-corrected chi connectivity index (χ4v) is 1.50. The molecule has 0 heterocycles. The summed E-state index contributed by atoms with van der Waals surface area (Å²) in [5.74, 6) is -1.25. The summed E-state index contributed by atoms with van der Waals surface area (Å²) in [6, 6.07) is 4.50. The van der Waals surface area contributed by atoms with Crippen molar-refractivity contribution >= 4 is 11.7 Å². The van der Waals surface area contributed by atoms with Crippen LogP contribution in [0.15, 0.2) is 18.2 Å². The number of carboxylic acids is 1. The lowest BCUT2D eigenvalue weighted by Gasteiger charge is -2.14. The molecule has 0 bridgehead atoms. The molecule has 1 rings (SSSR count). The highest BCUT2D eigenvalue weighted by atomic mass is 16.6. The van der Waals surface area contributed by atoms with Crippen LogP contribution in [0.2, 0.25) is 0 Å². The molecule has 0 aromatic heterocycles. The van der Waals surface area contributed by atoms with E-state index in [1.807, 2.05) is 0 Å². The number of nitrogens with two attached hydrogens (primary N) is 1. The van der Waals surface area contributed by atoms with Gasteiger partial charge in [0, 0.05) is 12.0 Å². The maximum Gasteiger partial charge on any atom is 0.344 e. The van der Waals surface area contributed by atoms with Crippen molar-refractivity contribution < 1.29 is 19.6 Å². The Morgan fingerprint density at radius 3 is 2.78 bits per heavy atom. The normalized spacial score (nSPS) is 11.9. The number of benzene rings is 1. The minimum atomic E-state index is -1.20. The molecule has 7 nitrogen and oxygen atoms in total. The second-order valence-corrected chi connectivity index (χ2v) is 3.70. The predicted molar refractivity (Wildman–Crippen MR) is 63.6 cm³/mol. The van der Waals surface area contributed by atoms with Gasteiger partial charge in [-0.05, 0) is 19.5 Å². The number of hydrogen-bond acceptors (Lipinski definition) is 5. The third-order valence-electron chi connectivity index (χ3n) is 2.36. The Hall–Kier alpha value is -2.15. The quantitative estimate of drug-likeness (QED) is 0.579. The summed E-state index contributed by atoms with van der Waals surface area (Å²) < 4.78 is 5.17. The Morgan fingerprint density at radius 1 is 1.61 bits per heavy atom. The lowest BCUT2D eigenvalue weighted by Crippen LogP contribution is -2.29. The van der Waals surface area contributed by atoms with Crippen molar-refractivity contribution in [1.82, 2.24) is 0 Å². The first-order chi connectivity index (χ1) is 8.47. The van der Waals surface area contributed by atoms with E-state index in [4.69, 9.17) is 15.6 Å². The first kappa shape index (κ1) is 13.9. The zero-order chi connectivity index (χ0) is 13.7. The lowest BCUT2D eigenvalue weighted by atomic mass is 10.2. The van der Waals surface area contributed by atoms with E-state index in [0.717, 1.165) is 0 Å². The summed E-state index contributed by atoms with van der Waals surface area (Å²) in [4.78, 5) is 21.2. The Bertz CT molecular complexity index is 461. The van der Waals surface area contributed by atoms with Crippen molar-refractivity contribution in [3.05, 3.63) is 33.9 Å². The topological polar surface area (TPSA) is 116 Å². The van der Waals surface area contributed by atoms with Crippen LogP contribution in [0.1, 0.15) is 12.0 Å². The van der Waals surface area contributed by atoms with Gasteiger partial charge in [-0.1, -0.05) is 12.1 Å². The minimum Gasteiger partial charge on any atom is -0.479 e. The third-order valence-corrected chi connectivity index (χ3v) is 2.36. The van der Waals surface area contributed by atoms with E-state index in [0.29, 0.717) is 5.56 Å². The molecule has 98 valence electrons. The molecule has 7 heteroatoms. The van der Waals surface area contributed by atoms with E-state index in [1.54, 1.807) is 19.1 Å². The van der Waals surface area contributed by atoms with E-state index in [-0.39, 0.29) is 24.4 Å². The van der Waals surface area contributed by atoms with Gasteiger partial charge in [-0.2, -0.15) is 0 Å². The van der Waals surface area contributed by atoms with Crippen molar-refractivity contribution in [2.45, 2.75) is 19.4 Å². The third kappa shape index (κ3) is 3.17. The summed E-state index contributed by atoms with van der Waals surface area (Å²) >= 11 is 0. The number of carboxylic acid groups (broad SMARTS) is 1. The highest BCUT2D eigenvalue weighted by Crippen LogP contribution is 2.31. The van der Waals surface area contributed by atoms with E-state index in [2.05, 4.69) is 0 Å². The molecular formula is C11H14N2O5. The number of rotatable bonds is 6. The fraction of sp³-hybridized carbons (Fsp3) is 0.364. The molecule has 0 aliphatic heterocycles. The highest BCUT2D eigenvalue weighted by molar-refractivity contribution is 5.73. The molecule has 3 N–H and O–H groups in total. The van der Waals surface area contributed by atoms with Crippen LogP contribution in [0, 0.1) is 17.0 Å². The molecule has 1 aromatic carbocycles. The van der Waals surface area contributed by atoms with Crippen LogP contribution in [-0.4, -0.2) is 28.6 Å². The van der Waals surface area contributed by atoms with Crippen molar-refractivity contribution in [3.63, 3.8) is 0 Å². The standard InChI is InChI=1S/C11H14N2O5/c1-7-3-2-4-8(10(7)13(16)17)18-9(5-6-12)11(14)15/h2-4,9H,5-6,12H2,1H3,(H,14,15). The Morgan fingerprint density at radius 2 is 2.28 bits per heavy atom. The monoisotopic (exact) mass is 254 g/mol. The second kappa shape index (κ2) is 5.97. The van der Waals surface area contributed by atoms with E-state index in [9.17, 15) is 14.9 Å². The average molecular weight is 254 g/mol. The number of carbonyl (C=O) groups is 1. The van der Waals surface area contributed by atoms with Crippen molar-refractivity contribution in [2.75, 3.05) is 6.54 Å². The average Bonchev–Trinajstić information content (AvgIpc) is 2.27. The van der Waals surface area contributed by atoms with Gasteiger partial charge < -0.3 is 15.6 Å². The lowest BCUT2D eigenvalue weighted by molar-refractivity contribution is -0.386. The molecule has 0 spiro atoms. The summed E-state index contributed by atoms with van der Waals surface area (Å²) in [5.41, 5.74) is 5.46. The summed E-state index contributed by atoms with van der Waals surface area (Å²) in [6.45, 7) is 1.68. The van der Waals surface area contributed by atoms with Crippen LogP contribution < -0.4 is 10.5 Å². The molecule has 0 aliphatic carbocycles. The molecule has 0 amide bonds. The Kier molecular flexibility index (Phi) is 4.61. The molecular weight excluding hydrogens is 240 g/mol. The van der Waals surface area contributed by atoms with Gasteiger partial charge in [0.2, 0.25) is 0 Å². The van der Waals surface area contributed by atoms with E-state index < -0.39 is 17.0 Å². The van der Waals surface area contributed by atoms with Gasteiger partial charge >= 0.3 is 11.7 Å². The fourth-order valence-electron chi connectivity index (χ4n) is 1.50. The SMILES string of the molecule is Cc1cccc(OC(CCN)C(=O)O)c1[N+](=O)[O-]. The molecule has 1 aromatic rings. The maximum absolute atomic E-state index is 10.9. The highest BCUT2D eigenvalue weighted by Gasteiger charge is 2.24. The number of aliphatic carboxylic acids is 1. The number of nitro groups is 1. The summed E-state index contributed by atoms with van der Waals surface area (Å²) in [5, 5.41) is 19.8. The number of hydrogen-bond donors (Lipinski definition) is 2. The van der Waals surface area contributed by atoms with Gasteiger partial charge in [-0.3, -0.25) is 10.1 Å². The number of ether oxygens (including phenoxy) is 1. The smallest absolute Gasteiger partial charge is 0.344 e. The maximum atomic E-state index is 10.9. The second-order valence-electron chi connectivity index (χ2n) is 3.70. The van der Waals surface area contributed by atoms with Crippen molar-refractivity contribution in [1.29, 1.82) is 0 Å². The number of aryl methyl sites for hydroxylation is 1. The predicted octanol–water partition coefficient (Wildman–Crippen LogP) is 1.08. The molecule has 0 radical (unpaired) electrons. The van der Waals surface area contributed by atoms with Gasteiger partial charge in [-0.25, -0.2) is 4.79 Å². The molecule has 1 atom stereocenters. The van der Waals surface area contributed by atoms with Crippen molar-refractivity contribution in [2.24, 2.45) is 5.73 Å². The molecule has 18 heavy (non-hydrogen) atoms.